The number of ether oxygens (including phenoxy) is 2. The summed E-state index contributed by atoms with van der Waals surface area (Å²) in [4.78, 5) is 0. The average molecular weight is 257 g/mol. The third kappa shape index (κ3) is 3.65. The maximum atomic E-state index is 5.84. The Morgan fingerprint density at radius 3 is 2.47 bits per heavy atom. The molecule has 0 aliphatic carbocycles. The van der Waals surface area contributed by atoms with Crippen molar-refractivity contribution in [3.63, 3.8) is 0 Å². The van der Waals surface area contributed by atoms with E-state index in [1.54, 1.807) is 12.1 Å². The molecule has 0 radical (unpaired) electrons. The smallest absolute Gasteiger partial charge is 0.133 e. The predicted octanol–water partition coefficient (Wildman–Crippen LogP) is 4.02. The van der Waals surface area contributed by atoms with Crippen LogP contribution in [-0.4, -0.2) is 6.61 Å². The summed E-state index contributed by atoms with van der Waals surface area (Å²) in [6.07, 6.45) is 0.984. The van der Waals surface area contributed by atoms with E-state index in [1.807, 2.05) is 31.2 Å². The molecule has 0 unspecified atom stereocenters. The normalized spacial score (nSPS) is 10.2. The maximum Gasteiger partial charge on any atom is 0.133 e. The first-order valence-electron chi connectivity index (χ1n) is 6.51. The van der Waals surface area contributed by atoms with E-state index in [4.69, 9.17) is 15.2 Å². The molecule has 0 saturated heterocycles. The van der Waals surface area contributed by atoms with Crippen LogP contribution in [0.2, 0.25) is 0 Å². The van der Waals surface area contributed by atoms with Crippen LogP contribution in [0.5, 0.6) is 17.2 Å². The first kappa shape index (κ1) is 13.3. The number of nitrogens with two attached hydrogens (primary N) is 1. The highest BCUT2D eigenvalue weighted by Gasteiger charge is 2.03. The quantitative estimate of drug-likeness (QED) is 0.823. The van der Waals surface area contributed by atoms with Crippen LogP contribution in [0.25, 0.3) is 0 Å². The Labute approximate surface area is 114 Å². The van der Waals surface area contributed by atoms with Gasteiger partial charge in [-0.1, -0.05) is 19.1 Å². The lowest BCUT2D eigenvalue weighted by atomic mass is 10.2. The molecule has 2 rings (SSSR count). The van der Waals surface area contributed by atoms with Gasteiger partial charge in [-0.05, 0) is 31.0 Å². The first-order chi connectivity index (χ1) is 9.21. The molecule has 0 fully saturated rings. The van der Waals surface area contributed by atoms with Gasteiger partial charge in [-0.3, -0.25) is 0 Å². The SMILES string of the molecule is CCOc1cc(N)cc(Oc2cccc(CC)c2)c1. The molecule has 0 saturated carbocycles. The van der Waals surface area contributed by atoms with Crippen LogP contribution in [0.3, 0.4) is 0 Å². The van der Waals surface area contributed by atoms with Gasteiger partial charge in [0.2, 0.25) is 0 Å². The number of hydrogen-bond donors (Lipinski definition) is 1. The summed E-state index contributed by atoms with van der Waals surface area (Å²) >= 11 is 0. The molecular formula is C16H19NO2. The first-order valence-corrected chi connectivity index (χ1v) is 6.51. The van der Waals surface area contributed by atoms with Crippen molar-refractivity contribution in [2.75, 3.05) is 12.3 Å². The van der Waals surface area contributed by atoms with Gasteiger partial charge < -0.3 is 15.2 Å². The minimum atomic E-state index is 0.605. The summed E-state index contributed by atoms with van der Waals surface area (Å²) in [5.41, 5.74) is 7.71. The van der Waals surface area contributed by atoms with Crippen molar-refractivity contribution in [2.45, 2.75) is 20.3 Å². The van der Waals surface area contributed by atoms with Gasteiger partial charge in [0.05, 0.1) is 6.61 Å². The molecule has 0 aliphatic rings. The van der Waals surface area contributed by atoms with Crippen LogP contribution < -0.4 is 15.2 Å². The fraction of sp³-hybridized carbons (Fsp3) is 0.250. The second-order valence-corrected chi connectivity index (χ2v) is 4.27. The van der Waals surface area contributed by atoms with Crippen LogP contribution in [0, 0.1) is 0 Å². The summed E-state index contributed by atoms with van der Waals surface area (Å²) in [6, 6.07) is 13.5. The summed E-state index contributed by atoms with van der Waals surface area (Å²) in [5.74, 6) is 2.23. The molecule has 2 aromatic carbocycles. The summed E-state index contributed by atoms with van der Waals surface area (Å²) in [5, 5.41) is 0. The van der Waals surface area contributed by atoms with Gasteiger partial charge in [-0.25, -0.2) is 0 Å². The number of anilines is 1. The average Bonchev–Trinajstić information content (AvgIpc) is 2.38. The molecular weight excluding hydrogens is 238 g/mol. The van der Waals surface area contributed by atoms with Gasteiger partial charge in [0.15, 0.2) is 0 Å². The van der Waals surface area contributed by atoms with Gasteiger partial charge in [0, 0.05) is 23.9 Å². The van der Waals surface area contributed by atoms with Crippen molar-refractivity contribution in [1.82, 2.24) is 0 Å². The molecule has 3 heteroatoms. The van der Waals surface area contributed by atoms with Crippen LogP contribution in [0.15, 0.2) is 42.5 Å². The van der Waals surface area contributed by atoms with Crippen LogP contribution in [0.4, 0.5) is 5.69 Å². The zero-order valence-corrected chi connectivity index (χ0v) is 11.3. The van der Waals surface area contributed by atoms with E-state index in [0.717, 1.165) is 17.9 Å². The number of nitrogen functional groups attached to an aromatic ring is 1. The van der Waals surface area contributed by atoms with Gasteiger partial charge in [-0.15, -0.1) is 0 Å². The van der Waals surface area contributed by atoms with Crippen LogP contribution >= 0.6 is 0 Å². The van der Waals surface area contributed by atoms with Crippen LogP contribution in [-0.2, 0) is 6.42 Å². The van der Waals surface area contributed by atoms with Crippen molar-refractivity contribution < 1.29 is 9.47 Å². The number of rotatable bonds is 5. The van der Waals surface area contributed by atoms with Crippen molar-refractivity contribution in [2.24, 2.45) is 0 Å². The fourth-order valence-corrected chi connectivity index (χ4v) is 1.87. The van der Waals surface area contributed by atoms with E-state index in [2.05, 4.69) is 13.0 Å². The molecule has 2 aromatic rings. The van der Waals surface area contributed by atoms with E-state index in [0.29, 0.717) is 18.0 Å². The third-order valence-corrected chi connectivity index (χ3v) is 2.76. The number of hydrogen-bond acceptors (Lipinski definition) is 3. The zero-order valence-electron chi connectivity index (χ0n) is 11.3. The standard InChI is InChI=1S/C16H19NO2/c1-3-12-6-5-7-14(8-12)19-16-10-13(17)9-15(11-16)18-4-2/h5-11H,3-4,17H2,1-2H3. The summed E-state index contributed by atoms with van der Waals surface area (Å²) in [7, 11) is 0. The number of benzene rings is 2. The Balaban J connectivity index is 2.22. The molecule has 0 atom stereocenters. The minimum Gasteiger partial charge on any atom is -0.494 e. The van der Waals surface area contributed by atoms with Gasteiger partial charge >= 0.3 is 0 Å². The van der Waals surface area contributed by atoms with Gasteiger partial charge in [0.1, 0.15) is 17.2 Å². The third-order valence-electron chi connectivity index (χ3n) is 2.76. The highest BCUT2D eigenvalue weighted by Crippen LogP contribution is 2.29. The summed E-state index contributed by atoms with van der Waals surface area (Å²) in [6.45, 7) is 4.66. The molecule has 100 valence electrons. The van der Waals surface area contributed by atoms with Crippen molar-refractivity contribution in [3.8, 4) is 17.2 Å². The lowest BCUT2D eigenvalue weighted by Crippen LogP contribution is -1.95. The van der Waals surface area contributed by atoms with E-state index in [-0.39, 0.29) is 0 Å². The Bertz CT molecular complexity index is 552. The minimum absolute atomic E-state index is 0.605. The van der Waals surface area contributed by atoms with Crippen molar-refractivity contribution >= 4 is 5.69 Å². The molecule has 0 amide bonds. The molecule has 0 spiro atoms. The van der Waals surface area contributed by atoms with E-state index in [1.165, 1.54) is 5.56 Å². The topological polar surface area (TPSA) is 44.5 Å². The lowest BCUT2D eigenvalue weighted by molar-refractivity contribution is 0.338. The largest absolute Gasteiger partial charge is 0.494 e. The molecule has 0 heterocycles. The Hall–Kier alpha value is -2.16. The molecule has 19 heavy (non-hydrogen) atoms. The van der Waals surface area contributed by atoms with Gasteiger partial charge in [-0.2, -0.15) is 0 Å². The number of aryl methyl sites for hydroxylation is 1. The Kier molecular flexibility index (Phi) is 4.29. The predicted molar refractivity (Wildman–Crippen MR) is 77.9 cm³/mol. The van der Waals surface area contributed by atoms with Crippen LogP contribution in [0.1, 0.15) is 19.4 Å². The molecule has 0 bridgehead atoms. The monoisotopic (exact) mass is 257 g/mol. The highest BCUT2D eigenvalue weighted by atomic mass is 16.5. The second kappa shape index (κ2) is 6.14. The van der Waals surface area contributed by atoms with E-state index in [9.17, 15) is 0 Å². The Morgan fingerprint density at radius 1 is 0.947 bits per heavy atom. The summed E-state index contributed by atoms with van der Waals surface area (Å²) < 4.78 is 11.3. The van der Waals surface area contributed by atoms with E-state index < -0.39 is 0 Å². The molecule has 0 aliphatic heterocycles. The second-order valence-electron chi connectivity index (χ2n) is 4.27. The van der Waals surface area contributed by atoms with E-state index >= 15 is 0 Å². The van der Waals surface area contributed by atoms with Crippen molar-refractivity contribution in [3.05, 3.63) is 48.0 Å². The van der Waals surface area contributed by atoms with Crippen molar-refractivity contribution in [1.29, 1.82) is 0 Å². The Morgan fingerprint density at radius 2 is 1.74 bits per heavy atom. The molecule has 2 N–H and O–H groups in total. The fourth-order valence-electron chi connectivity index (χ4n) is 1.87. The lowest BCUT2D eigenvalue weighted by Gasteiger charge is -2.10. The molecule has 0 aromatic heterocycles. The zero-order chi connectivity index (χ0) is 13.7. The van der Waals surface area contributed by atoms with Gasteiger partial charge in [0.25, 0.3) is 0 Å². The molecule has 3 nitrogen and oxygen atoms in total. The highest BCUT2D eigenvalue weighted by molar-refractivity contribution is 5.51. The maximum absolute atomic E-state index is 5.84.